The largest absolute Gasteiger partial charge is 0.480 e. The molecule has 1 aromatic carbocycles. The van der Waals surface area contributed by atoms with Gasteiger partial charge < -0.3 is 9.47 Å². The van der Waals surface area contributed by atoms with Crippen molar-refractivity contribution in [2.24, 2.45) is 0 Å². The van der Waals surface area contributed by atoms with Crippen LogP contribution in [0.15, 0.2) is 26.0 Å². The average molecular weight is 495 g/mol. The van der Waals surface area contributed by atoms with Crippen LogP contribution in [0, 0.1) is 0 Å². The number of rotatable bonds is 5. The van der Waals surface area contributed by atoms with Gasteiger partial charge in [0.15, 0.2) is 6.61 Å². The van der Waals surface area contributed by atoms with E-state index in [9.17, 15) is 9.59 Å². The van der Waals surface area contributed by atoms with Gasteiger partial charge in [0, 0.05) is 6.54 Å². The highest BCUT2D eigenvalue weighted by Crippen LogP contribution is 2.37. The predicted molar refractivity (Wildman–Crippen MR) is 105 cm³/mol. The molecule has 5 nitrogen and oxygen atoms in total. The summed E-state index contributed by atoms with van der Waals surface area (Å²) in [5.41, 5.74) is 0.802. The van der Waals surface area contributed by atoms with E-state index in [4.69, 9.17) is 17.0 Å². The van der Waals surface area contributed by atoms with Gasteiger partial charge in [-0.3, -0.25) is 9.69 Å². The summed E-state index contributed by atoms with van der Waals surface area (Å²) < 4.78 is 11.8. The van der Waals surface area contributed by atoms with Crippen molar-refractivity contribution < 1.29 is 19.1 Å². The first kappa shape index (κ1) is 19.4. The Balaban J connectivity index is 2.24. The third-order valence-corrected chi connectivity index (χ3v) is 5.63. The SMILES string of the molecule is CCN1C(=O)C(=Cc2cc(Br)c(OCC(=O)OC)c(Br)c2)SC1=S. The number of hydrogen-bond donors (Lipinski definition) is 0. The molecule has 1 fully saturated rings. The molecule has 128 valence electrons. The molecular weight excluding hydrogens is 482 g/mol. The average Bonchev–Trinajstić information content (AvgIpc) is 2.79. The summed E-state index contributed by atoms with van der Waals surface area (Å²) in [5, 5.41) is 0. The fraction of sp³-hybridized carbons (Fsp3) is 0.267. The molecule has 0 unspecified atom stereocenters. The number of carbonyl (C=O) groups excluding carboxylic acids is 2. The molecule has 24 heavy (non-hydrogen) atoms. The predicted octanol–water partition coefficient (Wildman–Crippen LogP) is 3.98. The van der Waals surface area contributed by atoms with Crippen molar-refractivity contribution in [2.75, 3.05) is 20.3 Å². The second-order valence-electron chi connectivity index (χ2n) is 4.60. The van der Waals surface area contributed by atoms with Crippen molar-refractivity contribution in [2.45, 2.75) is 6.92 Å². The van der Waals surface area contributed by atoms with E-state index < -0.39 is 5.97 Å². The van der Waals surface area contributed by atoms with Crippen LogP contribution in [0.4, 0.5) is 0 Å². The fourth-order valence-corrected chi connectivity index (χ4v) is 4.75. The molecular formula is C15H13Br2NO4S2. The van der Waals surface area contributed by atoms with Crippen LogP contribution in [0.3, 0.4) is 0 Å². The summed E-state index contributed by atoms with van der Waals surface area (Å²) in [6.45, 7) is 2.24. The van der Waals surface area contributed by atoms with Gasteiger partial charge in [0.25, 0.3) is 5.91 Å². The number of hydrogen-bond acceptors (Lipinski definition) is 6. The van der Waals surface area contributed by atoms with Gasteiger partial charge in [0.1, 0.15) is 10.1 Å². The molecule has 1 amide bonds. The molecule has 0 N–H and O–H groups in total. The number of thioether (sulfide) groups is 1. The quantitative estimate of drug-likeness (QED) is 0.350. The minimum absolute atomic E-state index is 0.0919. The number of benzene rings is 1. The summed E-state index contributed by atoms with van der Waals surface area (Å²) in [6, 6.07) is 3.60. The maximum Gasteiger partial charge on any atom is 0.343 e. The van der Waals surface area contributed by atoms with Gasteiger partial charge in [0.05, 0.1) is 21.0 Å². The number of esters is 1. The molecule has 1 saturated heterocycles. The number of halogens is 2. The van der Waals surface area contributed by atoms with Gasteiger partial charge in [-0.2, -0.15) is 0 Å². The van der Waals surface area contributed by atoms with Crippen LogP contribution < -0.4 is 4.74 Å². The topological polar surface area (TPSA) is 55.8 Å². The Morgan fingerprint density at radius 2 is 2.00 bits per heavy atom. The molecule has 1 aromatic rings. The Kier molecular flexibility index (Phi) is 6.85. The van der Waals surface area contributed by atoms with Gasteiger partial charge in [0.2, 0.25) is 0 Å². The normalized spacial score (nSPS) is 16.0. The van der Waals surface area contributed by atoms with Crippen LogP contribution >= 0.6 is 55.8 Å². The van der Waals surface area contributed by atoms with Gasteiger partial charge in [-0.15, -0.1) is 0 Å². The standard InChI is InChI=1S/C15H13Br2NO4S2/c1-3-18-14(20)11(24-15(18)23)6-8-4-9(16)13(10(17)5-8)22-7-12(19)21-2/h4-6H,3,7H2,1-2H3. The van der Waals surface area contributed by atoms with Crippen molar-refractivity contribution in [1.29, 1.82) is 0 Å². The van der Waals surface area contributed by atoms with Crippen LogP contribution in [-0.2, 0) is 14.3 Å². The zero-order valence-corrected chi connectivity index (χ0v) is 17.6. The highest BCUT2D eigenvalue weighted by atomic mass is 79.9. The lowest BCUT2D eigenvalue weighted by Gasteiger charge is -2.11. The lowest BCUT2D eigenvalue weighted by atomic mass is 10.2. The van der Waals surface area contributed by atoms with E-state index >= 15 is 0 Å². The van der Waals surface area contributed by atoms with Crippen molar-refractivity contribution in [3.63, 3.8) is 0 Å². The molecule has 0 atom stereocenters. The minimum Gasteiger partial charge on any atom is -0.480 e. The van der Waals surface area contributed by atoms with Gasteiger partial charge in [-0.1, -0.05) is 24.0 Å². The fourth-order valence-electron chi connectivity index (χ4n) is 1.91. The molecule has 0 saturated carbocycles. The molecule has 9 heteroatoms. The highest BCUT2D eigenvalue weighted by molar-refractivity contribution is 9.11. The van der Waals surface area contributed by atoms with Gasteiger partial charge >= 0.3 is 5.97 Å². The molecule has 0 aliphatic carbocycles. The maximum atomic E-state index is 12.2. The summed E-state index contributed by atoms with van der Waals surface area (Å²) >= 11 is 13.3. The lowest BCUT2D eigenvalue weighted by molar-refractivity contribution is -0.142. The molecule has 1 aliphatic rings. The molecule has 0 radical (unpaired) electrons. The molecule has 0 spiro atoms. The zero-order chi connectivity index (χ0) is 17.9. The lowest BCUT2D eigenvalue weighted by Crippen LogP contribution is -2.27. The first-order chi connectivity index (χ1) is 11.4. The van der Waals surface area contributed by atoms with Crippen LogP contribution in [0.25, 0.3) is 6.08 Å². The Bertz CT molecular complexity index is 713. The smallest absolute Gasteiger partial charge is 0.343 e. The number of amides is 1. The summed E-state index contributed by atoms with van der Waals surface area (Å²) in [5.74, 6) is -0.0782. The summed E-state index contributed by atoms with van der Waals surface area (Å²) in [6.07, 6.45) is 1.77. The maximum absolute atomic E-state index is 12.2. The second kappa shape index (κ2) is 8.46. The van der Waals surface area contributed by atoms with Crippen LogP contribution in [-0.4, -0.2) is 41.4 Å². The van der Waals surface area contributed by atoms with E-state index in [1.165, 1.54) is 18.9 Å². The van der Waals surface area contributed by atoms with Crippen molar-refractivity contribution in [3.8, 4) is 5.75 Å². The highest BCUT2D eigenvalue weighted by Gasteiger charge is 2.30. The Morgan fingerprint density at radius 3 is 2.50 bits per heavy atom. The van der Waals surface area contributed by atoms with Crippen LogP contribution in [0.1, 0.15) is 12.5 Å². The summed E-state index contributed by atoms with van der Waals surface area (Å²) in [7, 11) is 1.30. The molecule has 0 bridgehead atoms. The summed E-state index contributed by atoms with van der Waals surface area (Å²) in [4.78, 5) is 25.6. The Hall–Kier alpha value is -0.900. The van der Waals surface area contributed by atoms with Gasteiger partial charge in [-0.05, 0) is 62.6 Å². The Morgan fingerprint density at radius 1 is 1.38 bits per heavy atom. The van der Waals surface area contributed by atoms with Gasteiger partial charge in [-0.25, -0.2) is 4.79 Å². The van der Waals surface area contributed by atoms with E-state index in [0.717, 1.165) is 5.56 Å². The van der Waals surface area contributed by atoms with Crippen LogP contribution in [0.5, 0.6) is 5.75 Å². The molecule has 0 aromatic heterocycles. The number of likely N-dealkylation sites (N-methyl/N-ethyl adjacent to an activating group) is 1. The van der Waals surface area contributed by atoms with Crippen molar-refractivity contribution in [1.82, 2.24) is 4.90 Å². The van der Waals surface area contributed by atoms with Crippen LogP contribution in [0.2, 0.25) is 0 Å². The van der Waals surface area contributed by atoms with E-state index in [1.54, 1.807) is 23.1 Å². The number of thiocarbonyl (C=S) groups is 1. The Labute approximate surface area is 166 Å². The van der Waals surface area contributed by atoms with E-state index in [2.05, 4.69) is 36.6 Å². The molecule has 1 heterocycles. The van der Waals surface area contributed by atoms with Crippen molar-refractivity contribution >= 4 is 78.1 Å². The first-order valence-corrected chi connectivity index (χ1v) is 9.62. The number of methoxy groups -OCH3 is 1. The monoisotopic (exact) mass is 493 g/mol. The number of ether oxygens (including phenoxy) is 2. The van der Waals surface area contributed by atoms with E-state index in [-0.39, 0.29) is 12.5 Å². The number of nitrogens with zero attached hydrogens (tertiary/aromatic N) is 1. The van der Waals surface area contributed by atoms with Crippen molar-refractivity contribution in [3.05, 3.63) is 31.5 Å². The third-order valence-electron chi connectivity index (χ3n) is 3.07. The number of carbonyl (C=O) groups is 2. The van der Waals surface area contributed by atoms with E-state index in [1.807, 2.05) is 6.92 Å². The van der Waals surface area contributed by atoms with E-state index in [0.29, 0.717) is 30.5 Å². The third kappa shape index (κ3) is 4.38. The zero-order valence-electron chi connectivity index (χ0n) is 12.8. The molecule has 2 rings (SSSR count). The molecule has 1 aliphatic heterocycles. The minimum atomic E-state index is -0.471. The first-order valence-electron chi connectivity index (χ1n) is 6.81. The second-order valence-corrected chi connectivity index (χ2v) is 7.99.